The second kappa shape index (κ2) is 10.0. The predicted octanol–water partition coefficient (Wildman–Crippen LogP) is 2.56. The Balaban J connectivity index is 2.00. The van der Waals surface area contributed by atoms with Gasteiger partial charge in [0.2, 0.25) is 5.91 Å². The number of unbranched alkanes of at least 4 members (excludes halogenated alkanes) is 1. The van der Waals surface area contributed by atoms with Crippen LogP contribution in [0.3, 0.4) is 0 Å². The molecule has 0 saturated heterocycles. The quantitative estimate of drug-likeness (QED) is 0.650. The molecule has 3 N–H and O–H groups in total. The molecule has 2 heterocycles. The molecule has 174 valence electrons. The Morgan fingerprint density at radius 2 is 2.00 bits per heavy atom. The van der Waals surface area contributed by atoms with Crippen LogP contribution in [0.1, 0.15) is 50.7 Å². The third kappa shape index (κ3) is 4.56. The molecule has 1 amide bonds. The Kier molecular flexibility index (Phi) is 7.37. The van der Waals surface area contributed by atoms with Crippen LogP contribution >= 0.6 is 0 Å². The average Bonchev–Trinajstić information content (AvgIpc) is 2.76. The van der Waals surface area contributed by atoms with Gasteiger partial charge < -0.3 is 15.5 Å². The van der Waals surface area contributed by atoms with E-state index in [4.69, 9.17) is 5.73 Å². The number of amides is 1. The first-order chi connectivity index (χ1) is 15.3. The molecule has 1 aromatic heterocycles. The fraction of sp³-hybridized carbons (Fsp3) is 0.522. The van der Waals surface area contributed by atoms with E-state index in [1.165, 1.54) is 15.5 Å². The lowest BCUT2D eigenvalue weighted by molar-refractivity contribution is -0.117. The summed E-state index contributed by atoms with van der Waals surface area (Å²) in [6.07, 6.45) is 3.49. The van der Waals surface area contributed by atoms with Crippen LogP contribution in [-0.4, -0.2) is 35.1 Å². The van der Waals surface area contributed by atoms with Gasteiger partial charge in [-0.2, -0.15) is 0 Å². The van der Waals surface area contributed by atoms with E-state index in [1.807, 2.05) is 25.7 Å². The van der Waals surface area contributed by atoms with Gasteiger partial charge in [-0.15, -0.1) is 0 Å². The van der Waals surface area contributed by atoms with E-state index in [9.17, 15) is 18.8 Å². The van der Waals surface area contributed by atoms with Crippen molar-refractivity contribution in [2.24, 2.45) is 0 Å². The highest BCUT2D eigenvalue weighted by Gasteiger charge is 2.28. The number of hydrogen-bond acceptors (Lipinski definition) is 5. The maximum absolute atomic E-state index is 14.4. The fourth-order valence-electron chi connectivity index (χ4n) is 4.33. The minimum atomic E-state index is -0.675. The van der Waals surface area contributed by atoms with Crippen LogP contribution < -0.4 is 26.8 Å². The number of nitrogens with two attached hydrogens (primary N) is 1. The molecule has 32 heavy (non-hydrogen) atoms. The maximum atomic E-state index is 14.4. The first-order valence-corrected chi connectivity index (χ1v) is 11.3. The number of halogens is 1. The van der Waals surface area contributed by atoms with Gasteiger partial charge in [0.15, 0.2) is 5.69 Å². The Bertz CT molecular complexity index is 1110. The van der Waals surface area contributed by atoms with Gasteiger partial charge in [0.25, 0.3) is 5.56 Å². The number of carbonyl (C=O) groups is 1. The molecular formula is C23H32FN5O3. The summed E-state index contributed by atoms with van der Waals surface area (Å²) in [5.74, 6) is -0.585. The Morgan fingerprint density at radius 3 is 2.69 bits per heavy atom. The number of rotatable bonds is 8. The number of nitrogens with one attached hydrogen (secondary N) is 1. The summed E-state index contributed by atoms with van der Waals surface area (Å²) in [6, 6.07) is 3.18. The molecule has 0 saturated carbocycles. The van der Waals surface area contributed by atoms with Crippen molar-refractivity contribution in [2.45, 2.75) is 59.4 Å². The molecular weight excluding hydrogens is 413 g/mol. The molecule has 0 fully saturated rings. The number of benzene rings is 1. The number of carbonyl (C=O) groups excluding carboxylic acids is 1. The fourth-order valence-corrected chi connectivity index (χ4v) is 4.33. The molecule has 0 radical (unpaired) electrons. The zero-order valence-electron chi connectivity index (χ0n) is 19.0. The van der Waals surface area contributed by atoms with Gasteiger partial charge in [-0.1, -0.05) is 26.3 Å². The van der Waals surface area contributed by atoms with Gasteiger partial charge in [-0.05, 0) is 44.2 Å². The van der Waals surface area contributed by atoms with Crippen LogP contribution in [0.25, 0.3) is 0 Å². The van der Waals surface area contributed by atoms with E-state index in [-0.39, 0.29) is 29.8 Å². The number of aryl methyl sites for hydroxylation is 1. The number of nitrogens with zero attached hydrogens (tertiary/aromatic N) is 3. The second-order valence-electron chi connectivity index (χ2n) is 8.26. The molecule has 0 bridgehead atoms. The van der Waals surface area contributed by atoms with Gasteiger partial charge in [0.05, 0.1) is 6.54 Å². The molecule has 3 rings (SSSR count). The number of H-pyrrole nitrogens is 1. The molecule has 1 aliphatic heterocycles. The monoisotopic (exact) mass is 445 g/mol. The summed E-state index contributed by atoms with van der Waals surface area (Å²) in [4.78, 5) is 44.0. The number of aromatic nitrogens is 2. The SMILES string of the molecule is CCCCN(C(=O)CN1CCCc2c(F)ccc(C)c21)c1c(N)n(CCC)c(=O)[nH]c1=O. The third-order valence-electron chi connectivity index (χ3n) is 5.89. The van der Waals surface area contributed by atoms with Crippen LogP contribution in [-0.2, 0) is 17.8 Å². The van der Waals surface area contributed by atoms with E-state index in [1.54, 1.807) is 6.07 Å². The van der Waals surface area contributed by atoms with Gasteiger partial charge >= 0.3 is 5.69 Å². The summed E-state index contributed by atoms with van der Waals surface area (Å²) in [7, 11) is 0. The summed E-state index contributed by atoms with van der Waals surface area (Å²) in [5, 5.41) is 0. The average molecular weight is 446 g/mol. The van der Waals surface area contributed by atoms with Gasteiger partial charge in [-0.3, -0.25) is 19.1 Å². The lowest BCUT2D eigenvalue weighted by atomic mass is 9.97. The van der Waals surface area contributed by atoms with Crippen molar-refractivity contribution in [2.75, 3.05) is 35.2 Å². The minimum absolute atomic E-state index is 0.00435. The van der Waals surface area contributed by atoms with Crippen molar-refractivity contribution in [3.05, 3.63) is 49.9 Å². The zero-order chi connectivity index (χ0) is 23.4. The number of nitrogen functional groups attached to an aromatic ring is 1. The largest absolute Gasteiger partial charge is 0.383 e. The van der Waals surface area contributed by atoms with Crippen LogP contribution in [0.15, 0.2) is 21.7 Å². The van der Waals surface area contributed by atoms with Crippen LogP contribution in [0.2, 0.25) is 0 Å². The standard InChI is InChI=1S/C23H32FN5O3/c1-4-6-13-28(20-21(25)29(11-5-2)23(32)26-22(20)31)18(30)14-27-12-7-8-16-17(24)10-9-15(3)19(16)27/h9-10H,4-8,11-14,25H2,1-3H3,(H,26,31,32). The predicted molar refractivity (Wildman–Crippen MR) is 125 cm³/mol. The van der Waals surface area contributed by atoms with Crippen LogP contribution in [0.4, 0.5) is 21.6 Å². The van der Waals surface area contributed by atoms with Crippen molar-refractivity contribution in [3.63, 3.8) is 0 Å². The van der Waals surface area contributed by atoms with Crippen molar-refractivity contribution in [3.8, 4) is 0 Å². The molecule has 2 aromatic rings. The van der Waals surface area contributed by atoms with Crippen molar-refractivity contribution >= 4 is 23.1 Å². The minimum Gasteiger partial charge on any atom is -0.383 e. The third-order valence-corrected chi connectivity index (χ3v) is 5.89. The number of fused-ring (bicyclic) bond motifs is 1. The van der Waals surface area contributed by atoms with Crippen molar-refractivity contribution < 1.29 is 9.18 Å². The van der Waals surface area contributed by atoms with Crippen molar-refractivity contribution in [1.82, 2.24) is 9.55 Å². The first-order valence-electron chi connectivity index (χ1n) is 11.3. The van der Waals surface area contributed by atoms with E-state index in [2.05, 4.69) is 4.98 Å². The Morgan fingerprint density at radius 1 is 1.25 bits per heavy atom. The van der Waals surface area contributed by atoms with Gasteiger partial charge in [0.1, 0.15) is 11.6 Å². The smallest absolute Gasteiger partial charge is 0.330 e. The summed E-state index contributed by atoms with van der Waals surface area (Å²) >= 11 is 0. The first kappa shape index (κ1) is 23.6. The van der Waals surface area contributed by atoms with Crippen molar-refractivity contribution in [1.29, 1.82) is 0 Å². The molecule has 0 atom stereocenters. The molecule has 8 nitrogen and oxygen atoms in total. The van der Waals surface area contributed by atoms with E-state index >= 15 is 0 Å². The lowest BCUT2D eigenvalue weighted by Gasteiger charge is -2.34. The van der Waals surface area contributed by atoms with E-state index in [0.717, 1.165) is 24.1 Å². The maximum Gasteiger partial charge on any atom is 0.330 e. The number of anilines is 3. The second-order valence-corrected chi connectivity index (χ2v) is 8.26. The summed E-state index contributed by atoms with van der Waals surface area (Å²) in [6.45, 7) is 7.03. The molecule has 0 aliphatic carbocycles. The van der Waals surface area contributed by atoms with Gasteiger partial charge in [0, 0.05) is 30.9 Å². The number of aromatic amines is 1. The highest BCUT2D eigenvalue weighted by molar-refractivity contribution is 5.98. The van der Waals surface area contributed by atoms with Gasteiger partial charge in [-0.25, -0.2) is 9.18 Å². The lowest BCUT2D eigenvalue weighted by Crippen LogP contribution is -2.46. The summed E-state index contributed by atoms with van der Waals surface area (Å²) < 4.78 is 15.7. The zero-order valence-corrected chi connectivity index (χ0v) is 19.0. The molecule has 1 aliphatic rings. The van der Waals surface area contributed by atoms with Crippen LogP contribution in [0.5, 0.6) is 0 Å². The Labute approximate surface area is 186 Å². The summed E-state index contributed by atoms with van der Waals surface area (Å²) in [5.41, 5.74) is 7.24. The topological polar surface area (TPSA) is 104 Å². The number of hydrogen-bond donors (Lipinski definition) is 2. The normalized spacial score (nSPS) is 13.2. The Hall–Kier alpha value is -3.10. The van der Waals surface area contributed by atoms with Crippen LogP contribution in [0, 0.1) is 12.7 Å². The van der Waals surface area contributed by atoms with E-state index < -0.39 is 11.2 Å². The highest BCUT2D eigenvalue weighted by Crippen LogP contribution is 2.32. The van der Waals surface area contributed by atoms with E-state index in [0.29, 0.717) is 44.5 Å². The molecule has 0 unspecified atom stereocenters. The highest BCUT2D eigenvalue weighted by atomic mass is 19.1. The molecule has 9 heteroatoms. The molecule has 1 aromatic carbocycles. The molecule has 0 spiro atoms.